The van der Waals surface area contributed by atoms with E-state index in [0.29, 0.717) is 25.3 Å². The van der Waals surface area contributed by atoms with Gasteiger partial charge in [-0.3, -0.25) is 9.69 Å². The first-order valence-electron chi connectivity index (χ1n) is 8.21. The molecule has 3 rings (SSSR count). The van der Waals surface area contributed by atoms with E-state index in [1.165, 1.54) is 0 Å². The van der Waals surface area contributed by atoms with Crippen LogP contribution in [-0.2, 0) is 0 Å². The predicted molar refractivity (Wildman–Crippen MR) is 92.4 cm³/mol. The second-order valence-electron chi connectivity index (χ2n) is 5.84. The van der Waals surface area contributed by atoms with Crippen molar-refractivity contribution >= 4 is 5.91 Å². The standard InChI is InChI=1S/C19H22N2O3/c22-17-8-6-16(7-9-17)19(23)21-12-10-20(11-13-21)14-15-24-18-4-2-1-3-5-18/h1-9,22H,10-15H2. The van der Waals surface area contributed by atoms with E-state index < -0.39 is 0 Å². The molecule has 1 saturated heterocycles. The third kappa shape index (κ3) is 4.26. The van der Waals surface area contributed by atoms with Crippen molar-refractivity contribution < 1.29 is 14.6 Å². The van der Waals surface area contributed by atoms with Crippen LogP contribution in [0.5, 0.6) is 11.5 Å². The second kappa shape index (κ2) is 7.84. The van der Waals surface area contributed by atoms with Gasteiger partial charge < -0.3 is 14.7 Å². The van der Waals surface area contributed by atoms with Gasteiger partial charge in [0.25, 0.3) is 5.91 Å². The first kappa shape index (κ1) is 16.3. The summed E-state index contributed by atoms with van der Waals surface area (Å²) in [5.74, 6) is 1.09. The lowest BCUT2D eigenvalue weighted by atomic mass is 10.1. The number of carbonyl (C=O) groups is 1. The highest BCUT2D eigenvalue weighted by molar-refractivity contribution is 5.94. The highest BCUT2D eigenvalue weighted by Crippen LogP contribution is 2.13. The molecule has 1 N–H and O–H groups in total. The summed E-state index contributed by atoms with van der Waals surface area (Å²) in [4.78, 5) is 16.6. The number of carbonyl (C=O) groups excluding carboxylic acids is 1. The molecule has 1 fully saturated rings. The summed E-state index contributed by atoms with van der Waals surface area (Å²) < 4.78 is 5.72. The molecule has 2 aromatic carbocycles. The zero-order chi connectivity index (χ0) is 16.8. The zero-order valence-electron chi connectivity index (χ0n) is 13.6. The predicted octanol–water partition coefficient (Wildman–Crippen LogP) is 2.23. The lowest BCUT2D eigenvalue weighted by molar-refractivity contribution is 0.0620. The monoisotopic (exact) mass is 326 g/mol. The van der Waals surface area contributed by atoms with Crippen molar-refractivity contribution in [2.45, 2.75) is 0 Å². The van der Waals surface area contributed by atoms with Crippen molar-refractivity contribution in [2.24, 2.45) is 0 Å². The van der Waals surface area contributed by atoms with E-state index in [9.17, 15) is 9.90 Å². The van der Waals surface area contributed by atoms with E-state index in [2.05, 4.69) is 4.90 Å². The Bertz CT molecular complexity index is 650. The van der Waals surface area contributed by atoms with Crippen molar-refractivity contribution in [2.75, 3.05) is 39.3 Å². The van der Waals surface area contributed by atoms with E-state index in [0.717, 1.165) is 25.4 Å². The number of hydrogen-bond acceptors (Lipinski definition) is 4. The fourth-order valence-electron chi connectivity index (χ4n) is 2.77. The third-order valence-corrected chi connectivity index (χ3v) is 4.19. The lowest BCUT2D eigenvalue weighted by Crippen LogP contribution is -2.49. The van der Waals surface area contributed by atoms with E-state index in [-0.39, 0.29) is 11.7 Å². The number of hydrogen-bond donors (Lipinski definition) is 1. The van der Waals surface area contributed by atoms with Gasteiger partial charge in [-0.25, -0.2) is 0 Å². The summed E-state index contributed by atoms with van der Waals surface area (Å²) in [7, 11) is 0. The van der Waals surface area contributed by atoms with Gasteiger partial charge in [-0.15, -0.1) is 0 Å². The van der Waals surface area contributed by atoms with Crippen LogP contribution in [0.25, 0.3) is 0 Å². The van der Waals surface area contributed by atoms with Gasteiger partial charge in [-0.05, 0) is 36.4 Å². The molecule has 1 amide bonds. The first-order valence-corrected chi connectivity index (χ1v) is 8.21. The molecule has 126 valence electrons. The summed E-state index contributed by atoms with van der Waals surface area (Å²) in [5.41, 5.74) is 0.619. The minimum atomic E-state index is 0.0233. The summed E-state index contributed by atoms with van der Waals surface area (Å²) in [5, 5.41) is 9.30. The van der Waals surface area contributed by atoms with Gasteiger partial charge in [-0.2, -0.15) is 0 Å². The van der Waals surface area contributed by atoms with Gasteiger partial charge in [0.15, 0.2) is 0 Å². The Labute approximate surface area is 142 Å². The largest absolute Gasteiger partial charge is 0.508 e. The Balaban J connectivity index is 1.42. The quantitative estimate of drug-likeness (QED) is 0.915. The molecule has 0 aromatic heterocycles. The van der Waals surface area contributed by atoms with Crippen LogP contribution >= 0.6 is 0 Å². The van der Waals surface area contributed by atoms with Crippen LogP contribution < -0.4 is 4.74 Å². The average Bonchev–Trinajstić information content (AvgIpc) is 2.63. The molecule has 2 aromatic rings. The number of rotatable bonds is 5. The van der Waals surface area contributed by atoms with E-state index in [1.54, 1.807) is 24.3 Å². The molecule has 24 heavy (non-hydrogen) atoms. The van der Waals surface area contributed by atoms with Crippen molar-refractivity contribution in [1.29, 1.82) is 0 Å². The highest BCUT2D eigenvalue weighted by Gasteiger charge is 2.21. The molecule has 5 heteroatoms. The fraction of sp³-hybridized carbons (Fsp3) is 0.316. The zero-order valence-corrected chi connectivity index (χ0v) is 13.6. The van der Waals surface area contributed by atoms with Crippen molar-refractivity contribution in [1.82, 2.24) is 9.80 Å². The van der Waals surface area contributed by atoms with Crippen molar-refractivity contribution in [3.8, 4) is 11.5 Å². The molecule has 1 aliphatic rings. The van der Waals surface area contributed by atoms with E-state index in [4.69, 9.17) is 4.74 Å². The normalized spacial score (nSPS) is 15.2. The second-order valence-corrected chi connectivity index (χ2v) is 5.84. The highest BCUT2D eigenvalue weighted by atomic mass is 16.5. The first-order chi connectivity index (χ1) is 11.7. The summed E-state index contributed by atoms with van der Waals surface area (Å²) in [6.45, 7) is 4.63. The maximum Gasteiger partial charge on any atom is 0.253 e. The number of phenols is 1. The number of para-hydroxylation sites is 1. The SMILES string of the molecule is O=C(c1ccc(O)cc1)N1CCN(CCOc2ccccc2)CC1. The molecule has 0 spiro atoms. The van der Waals surface area contributed by atoms with Gasteiger partial charge in [0.2, 0.25) is 0 Å². The minimum Gasteiger partial charge on any atom is -0.508 e. The van der Waals surface area contributed by atoms with Gasteiger partial charge >= 0.3 is 0 Å². The Morgan fingerprint density at radius 1 is 0.958 bits per heavy atom. The van der Waals surface area contributed by atoms with Crippen LogP contribution in [0.15, 0.2) is 54.6 Å². The molecular weight excluding hydrogens is 304 g/mol. The van der Waals surface area contributed by atoms with Gasteiger partial charge in [0.05, 0.1) is 0 Å². The summed E-state index contributed by atoms with van der Waals surface area (Å²) in [6, 6.07) is 16.2. The molecule has 0 unspecified atom stereocenters. The maximum absolute atomic E-state index is 12.4. The summed E-state index contributed by atoms with van der Waals surface area (Å²) in [6.07, 6.45) is 0. The Hall–Kier alpha value is -2.53. The van der Waals surface area contributed by atoms with Crippen molar-refractivity contribution in [3.05, 3.63) is 60.2 Å². The Kier molecular flexibility index (Phi) is 5.33. The van der Waals surface area contributed by atoms with Gasteiger partial charge in [0.1, 0.15) is 18.1 Å². The van der Waals surface area contributed by atoms with E-state index >= 15 is 0 Å². The average molecular weight is 326 g/mol. The van der Waals surface area contributed by atoms with Crippen LogP contribution in [0.1, 0.15) is 10.4 Å². The van der Waals surface area contributed by atoms with Crippen LogP contribution in [0, 0.1) is 0 Å². The minimum absolute atomic E-state index is 0.0233. The number of nitrogens with zero attached hydrogens (tertiary/aromatic N) is 2. The third-order valence-electron chi connectivity index (χ3n) is 4.19. The van der Waals surface area contributed by atoms with Crippen LogP contribution in [0.2, 0.25) is 0 Å². The molecule has 0 bridgehead atoms. The fourth-order valence-corrected chi connectivity index (χ4v) is 2.77. The number of aromatic hydroxyl groups is 1. The molecule has 1 aliphatic heterocycles. The smallest absolute Gasteiger partial charge is 0.253 e. The van der Waals surface area contributed by atoms with Crippen LogP contribution in [0.4, 0.5) is 0 Å². The molecule has 0 atom stereocenters. The maximum atomic E-state index is 12.4. The number of benzene rings is 2. The van der Waals surface area contributed by atoms with E-state index in [1.807, 2.05) is 35.2 Å². The molecule has 0 radical (unpaired) electrons. The molecule has 0 aliphatic carbocycles. The molecule has 1 heterocycles. The molecular formula is C19H22N2O3. The lowest BCUT2D eigenvalue weighted by Gasteiger charge is -2.34. The van der Waals surface area contributed by atoms with Crippen molar-refractivity contribution in [3.63, 3.8) is 0 Å². The summed E-state index contributed by atoms with van der Waals surface area (Å²) >= 11 is 0. The number of amides is 1. The Morgan fingerprint density at radius 2 is 1.62 bits per heavy atom. The topological polar surface area (TPSA) is 53.0 Å². The number of piperazine rings is 1. The molecule has 5 nitrogen and oxygen atoms in total. The van der Waals surface area contributed by atoms with Gasteiger partial charge in [-0.1, -0.05) is 18.2 Å². The number of ether oxygens (including phenoxy) is 1. The number of phenolic OH excluding ortho intramolecular Hbond substituents is 1. The van der Waals surface area contributed by atoms with Gasteiger partial charge in [0, 0.05) is 38.3 Å². The Morgan fingerprint density at radius 3 is 2.29 bits per heavy atom. The van der Waals surface area contributed by atoms with Crippen LogP contribution in [0.3, 0.4) is 0 Å². The van der Waals surface area contributed by atoms with Crippen LogP contribution in [-0.4, -0.2) is 60.1 Å². The molecule has 0 saturated carbocycles.